The number of rotatable bonds is 6. The van der Waals surface area contributed by atoms with E-state index in [4.69, 9.17) is 9.47 Å². The van der Waals surface area contributed by atoms with Gasteiger partial charge in [-0.05, 0) is 34.0 Å². The third-order valence-corrected chi connectivity index (χ3v) is 3.84. The highest BCUT2D eigenvalue weighted by Gasteiger charge is 2.07. The molecule has 0 amide bonds. The van der Waals surface area contributed by atoms with Crippen molar-refractivity contribution in [3.05, 3.63) is 88.1 Å². The second-order valence-corrected chi connectivity index (χ2v) is 5.44. The van der Waals surface area contributed by atoms with Crippen molar-refractivity contribution in [2.75, 3.05) is 7.11 Å². The lowest BCUT2D eigenvalue weighted by atomic mass is 10.1. The van der Waals surface area contributed by atoms with Crippen LogP contribution < -0.4 is 9.47 Å². The largest absolute Gasteiger partial charge is 0.493 e. The van der Waals surface area contributed by atoms with E-state index in [0.29, 0.717) is 23.7 Å². The predicted octanol–water partition coefficient (Wildman–Crippen LogP) is 4.67. The summed E-state index contributed by atoms with van der Waals surface area (Å²) in [5.74, 6) is 1.12. The maximum atomic E-state index is 10.4. The number of ether oxygens (including phenoxy) is 2. The molecule has 0 heterocycles. The van der Waals surface area contributed by atoms with Crippen LogP contribution in [0.2, 0.25) is 0 Å². The predicted molar refractivity (Wildman–Crippen MR) is 97.3 cm³/mol. The monoisotopic (exact) mass is 335 g/mol. The molecule has 3 aromatic carbocycles. The van der Waals surface area contributed by atoms with Gasteiger partial charge in [0, 0.05) is 6.08 Å². The summed E-state index contributed by atoms with van der Waals surface area (Å²) in [4.78, 5) is 9.92. The molecular weight excluding hydrogens is 318 g/mol. The van der Waals surface area contributed by atoms with E-state index in [1.807, 2.05) is 24.3 Å². The number of hydrogen-bond donors (Lipinski definition) is 0. The standard InChI is InChI=1S/C20H17NO4/c1-24-20-13-15(11-12-21(22)23)9-10-19(20)25-14-17-7-4-6-16-5-2-3-8-18(16)17/h2-13H,14H2,1H3. The third kappa shape index (κ3) is 3.95. The number of fused-ring (bicyclic) bond motifs is 1. The summed E-state index contributed by atoms with van der Waals surface area (Å²) >= 11 is 0. The Morgan fingerprint density at radius 2 is 1.84 bits per heavy atom. The molecule has 0 bridgehead atoms. The van der Waals surface area contributed by atoms with Gasteiger partial charge in [-0.1, -0.05) is 48.5 Å². The van der Waals surface area contributed by atoms with Crippen LogP contribution in [0.1, 0.15) is 11.1 Å². The summed E-state index contributed by atoms with van der Waals surface area (Å²) in [6, 6.07) is 19.5. The van der Waals surface area contributed by atoms with Gasteiger partial charge in [0.1, 0.15) is 6.61 Å². The molecule has 0 aliphatic rings. The van der Waals surface area contributed by atoms with Gasteiger partial charge >= 0.3 is 0 Å². The molecule has 3 rings (SSSR count). The molecule has 25 heavy (non-hydrogen) atoms. The van der Waals surface area contributed by atoms with Gasteiger partial charge < -0.3 is 9.47 Å². The molecule has 0 aliphatic heterocycles. The van der Waals surface area contributed by atoms with Crippen molar-refractivity contribution in [1.29, 1.82) is 0 Å². The highest BCUT2D eigenvalue weighted by atomic mass is 16.6. The van der Waals surface area contributed by atoms with Gasteiger partial charge in [-0.2, -0.15) is 0 Å². The van der Waals surface area contributed by atoms with Crippen molar-refractivity contribution in [1.82, 2.24) is 0 Å². The van der Waals surface area contributed by atoms with Crippen LogP contribution in [0.5, 0.6) is 11.5 Å². The fourth-order valence-electron chi connectivity index (χ4n) is 2.63. The SMILES string of the molecule is COc1cc(C=C[N+](=O)[O-])ccc1OCc1cccc2ccccc12. The third-order valence-electron chi connectivity index (χ3n) is 3.84. The van der Waals surface area contributed by atoms with E-state index in [0.717, 1.165) is 22.5 Å². The van der Waals surface area contributed by atoms with Gasteiger partial charge in [0.15, 0.2) is 11.5 Å². The van der Waals surface area contributed by atoms with Crippen LogP contribution in [0.4, 0.5) is 0 Å². The summed E-state index contributed by atoms with van der Waals surface area (Å²) in [6.07, 6.45) is 2.31. The lowest BCUT2D eigenvalue weighted by molar-refractivity contribution is -0.400. The van der Waals surface area contributed by atoms with E-state index >= 15 is 0 Å². The van der Waals surface area contributed by atoms with E-state index in [9.17, 15) is 10.1 Å². The number of nitro groups is 1. The molecule has 0 N–H and O–H groups in total. The lowest BCUT2D eigenvalue weighted by Gasteiger charge is -2.12. The molecular formula is C20H17NO4. The van der Waals surface area contributed by atoms with E-state index in [1.54, 1.807) is 25.3 Å². The number of hydrogen-bond acceptors (Lipinski definition) is 4. The van der Waals surface area contributed by atoms with Gasteiger partial charge in [0.25, 0.3) is 0 Å². The van der Waals surface area contributed by atoms with Crippen LogP contribution in [0.25, 0.3) is 16.8 Å². The van der Waals surface area contributed by atoms with Crippen LogP contribution in [0, 0.1) is 10.1 Å². The minimum Gasteiger partial charge on any atom is -0.493 e. The summed E-state index contributed by atoms with van der Waals surface area (Å²) in [6.45, 7) is 0.405. The summed E-state index contributed by atoms with van der Waals surface area (Å²) in [7, 11) is 1.54. The molecule has 0 aliphatic carbocycles. The molecule has 126 valence electrons. The number of methoxy groups -OCH3 is 1. The lowest BCUT2D eigenvalue weighted by Crippen LogP contribution is -1.98. The van der Waals surface area contributed by atoms with Gasteiger partial charge in [0.2, 0.25) is 6.20 Å². The van der Waals surface area contributed by atoms with E-state index < -0.39 is 4.92 Å². The van der Waals surface area contributed by atoms with Crippen LogP contribution in [0.3, 0.4) is 0 Å². The van der Waals surface area contributed by atoms with Crippen molar-refractivity contribution >= 4 is 16.8 Å². The van der Waals surface area contributed by atoms with Crippen molar-refractivity contribution < 1.29 is 14.4 Å². The Labute approximate surface area is 145 Å². The van der Waals surface area contributed by atoms with Gasteiger partial charge in [0.05, 0.1) is 12.0 Å². The van der Waals surface area contributed by atoms with E-state index in [1.165, 1.54) is 6.08 Å². The molecule has 0 saturated carbocycles. The molecule has 0 spiro atoms. The normalized spacial score (nSPS) is 10.9. The first-order valence-corrected chi connectivity index (χ1v) is 7.76. The molecule has 5 nitrogen and oxygen atoms in total. The minimum absolute atomic E-state index is 0.405. The molecule has 0 aromatic heterocycles. The van der Waals surface area contributed by atoms with Gasteiger partial charge in [-0.3, -0.25) is 10.1 Å². The smallest absolute Gasteiger partial charge is 0.235 e. The Bertz CT molecular complexity index is 929. The van der Waals surface area contributed by atoms with Gasteiger partial charge in [-0.25, -0.2) is 0 Å². The Hall–Kier alpha value is -3.34. The molecule has 0 saturated heterocycles. The van der Waals surface area contributed by atoms with E-state index in [-0.39, 0.29) is 0 Å². The van der Waals surface area contributed by atoms with Crippen LogP contribution >= 0.6 is 0 Å². The quantitative estimate of drug-likeness (QED) is 0.485. The molecule has 0 atom stereocenters. The van der Waals surface area contributed by atoms with Crippen molar-refractivity contribution in [3.63, 3.8) is 0 Å². The Morgan fingerprint density at radius 1 is 1.04 bits per heavy atom. The molecule has 0 radical (unpaired) electrons. The number of benzene rings is 3. The Morgan fingerprint density at radius 3 is 2.64 bits per heavy atom. The summed E-state index contributed by atoms with van der Waals surface area (Å²) in [5.41, 5.74) is 1.75. The summed E-state index contributed by atoms with van der Waals surface area (Å²) < 4.78 is 11.3. The fraction of sp³-hybridized carbons (Fsp3) is 0.100. The first-order chi connectivity index (χ1) is 12.2. The highest BCUT2D eigenvalue weighted by Crippen LogP contribution is 2.30. The first-order valence-electron chi connectivity index (χ1n) is 7.76. The van der Waals surface area contributed by atoms with Gasteiger partial charge in [-0.15, -0.1) is 0 Å². The maximum absolute atomic E-state index is 10.4. The first kappa shape index (κ1) is 16.5. The Balaban J connectivity index is 1.81. The van der Waals surface area contributed by atoms with Crippen LogP contribution in [0.15, 0.2) is 66.9 Å². The van der Waals surface area contributed by atoms with Crippen molar-refractivity contribution in [2.45, 2.75) is 6.61 Å². The molecule has 5 heteroatoms. The minimum atomic E-state index is -0.503. The average Bonchev–Trinajstić information content (AvgIpc) is 2.64. The fourth-order valence-corrected chi connectivity index (χ4v) is 2.63. The zero-order valence-electron chi connectivity index (χ0n) is 13.7. The molecule has 0 fully saturated rings. The average molecular weight is 335 g/mol. The topological polar surface area (TPSA) is 61.6 Å². The molecule has 3 aromatic rings. The summed E-state index contributed by atoms with van der Waals surface area (Å²) in [5, 5.41) is 12.7. The molecule has 0 unspecified atom stereocenters. The Kier molecular flexibility index (Phi) is 4.95. The van der Waals surface area contributed by atoms with Crippen molar-refractivity contribution in [3.8, 4) is 11.5 Å². The van der Waals surface area contributed by atoms with Crippen LogP contribution in [-0.4, -0.2) is 12.0 Å². The zero-order chi connectivity index (χ0) is 17.6. The maximum Gasteiger partial charge on any atom is 0.235 e. The second kappa shape index (κ2) is 7.49. The zero-order valence-corrected chi connectivity index (χ0v) is 13.7. The number of nitrogens with zero attached hydrogens (tertiary/aromatic N) is 1. The second-order valence-electron chi connectivity index (χ2n) is 5.44. The highest BCUT2D eigenvalue weighted by molar-refractivity contribution is 5.85. The van der Waals surface area contributed by atoms with Crippen molar-refractivity contribution in [2.24, 2.45) is 0 Å². The van der Waals surface area contributed by atoms with Crippen LogP contribution in [-0.2, 0) is 6.61 Å². The van der Waals surface area contributed by atoms with E-state index in [2.05, 4.69) is 18.2 Å².